The highest BCUT2D eigenvalue weighted by Gasteiger charge is 2.15. The number of thioether (sulfide) groups is 1. The molecule has 1 aromatic heterocycles. The first kappa shape index (κ1) is 19.8. The number of urea groups is 1. The maximum Gasteiger partial charge on any atom is 0.338 e. The quantitative estimate of drug-likeness (QED) is 0.565. The zero-order valence-electron chi connectivity index (χ0n) is 15.0. The van der Waals surface area contributed by atoms with Gasteiger partial charge in [0.25, 0.3) is 0 Å². The van der Waals surface area contributed by atoms with E-state index in [0.29, 0.717) is 35.9 Å². The van der Waals surface area contributed by atoms with Crippen LogP contribution >= 0.6 is 11.8 Å². The van der Waals surface area contributed by atoms with E-state index in [-0.39, 0.29) is 5.75 Å². The minimum absolute atomic E-state index is 0.0607. The number of ether oxygens (including phenoxy) is 1. The van der Waals surface area contributed by atoms with E-state index < -0.39 is 17.9 Å². The number of rotatable bonds is 7. The first-order chi connectivity index (χ1) is 12.5. The second-order valence-corrected chi connectivity index (χ2v) is 6.20. The van der Waals surface area contributed by atoms with Crippen LogP contribution in [0, 0.1) is 0 Å². The number of fused-ring (bicyclic) bond motifs is 1. The van der Waals surface area contributed by atoms with Crippen LogP contribution < -0.4 is 10.6 Å². The monoisotopic (exact) mass is 378 g/mol. The third-order valence-corrected chi connectivity index (χ3v) is 4.44. The Morgan fingerprint density at radius 3 is 2.65 bits per heavy atom. The molecule has 2 aromatic rings. The van der Waals surface area contributed by atoms with Gasteiger partial charge < -0.3 is 14.6 Å². The van der Waals surface area contributed by atoms with Gasteiger partial charge in [-0.2, -0.15) is 0 Å². The molecule has 8 nitrogen and oxygen atoms in total. The molecule has 2 rings (SSSR count). The van der Waals surface area contributed by atoms with Crippen molar-refractivity contribution >= 4 is 40.7 Å². The number of hydrogen-bond acceptors (Lipinski definition) is 6. The molecule has 0 saturated carbocycles. The third-order valence-electron chi connectivity index (χ3n) is 3.46. The molecule has 0 radical (unpaired) electrons. The molecule has 0 atom stereocenters. The van der Waals surface area contributed by atoms with E-state index >= 15 is 0 Å². The van der Waals surface area contributed by atoms with Crippen molar-refractivity contribution in [1.82, 2.24) is 20.2 Å². The van der Waals surface area contributed by atoms with Gasteiger partial charge >= 0.3 is 12.0 Å². The number of imidazole rings is 1. The average Bonchev–Trinajstić information content (AvgIpc) is 2.96. The highest BCUT2D eigenvalue weighted by molar-refractivity contribution is 7.99. The lowest BCUT2D eigenvalue weighted by molar-refractivity contribution is -0.117. The van der Waals surface area contributed by atoms with Gasteiger partial charge in [0.05, 0.1) is 29.0 Å². The standard InChI is InChI=1S/C17H22N4O4S/c1-4-18-16(24)20-14(22)10-26-17-19-12-9-11(15(23)25-6-3)7-8-13(12)21(17)5-2/h7-9H,4-6,10H2,1-3H3,(H2,18,20,22,24). The number of aryl methyl sites for hydroxylation is 1. The SMILES string of the molecule is CCNC(=O)NC(=O)CSc1nc2cc(C(=O)OCC)ccc2n1CC. The van der Waals surface area contributed by atoms with E-state index in [2.05, 4.69) is 15.6 Å². The van der Waals surface area contributed by atoms with E-state index in [1.54, 1.807) is 26.0 Å². The van der Waals surface area contributed by atoms with Crippen LogP contribution in [0.15, 0.2) is 23.4 Å². The largest absolute Gasteiger partial charge is 0.462 e. The van der Waals surface area contributed by atoms with E-state index in [1.807, 2.05) is 17.6 Å². The van der Waals surface area contributed by atoms with Gasteiger partial charge in [-0.15, -0.1) is 0 Å². The van der Waals surface area contributed by atoms with Crippen LogP contribution in [0.4, 0.5) is 4.79 Å². The van der Waals surface area contributed by atoms with Gasteiger partial charge in [-0.25, -0.2) is 14.6 Å². The van der Waals surface area contributed by atoms with Gasteiger partial charge in [0.15, 0.2) is 5.16 Å². The lowest BCUT2D eigenvalue weighted by Gasteiger charge is -2.06. The molecule has 3 amide bonds. The van der Waals surface area contributed by atoms with Crippen LogP contribution in [0.5, 0.6) is 0 Å². The highest BCUT2D eigenvalue weighted by Crippen LogP contribution is 2.25. The van der Waals surface area contributed by atoms with Crippen LogP contribution in [0.1, 0.15) is 31.1 Å². The molecular weight excluding hydrogens is 356 g/mol. The Labute approximate surface area is 155 Å². The normalized spacial score (nSPS) is 10.6. The number of imide groups is 1. The van der Waals surface area contributed by atoms with E-state index in [1.165, 1.54) is 11.8 Å². The van der Waals surface area contributed by atoms with Crippen LogP contribution in [0.3, 0.4) is 0 Å². The van der Waals surface area contributed by atoms with E-state index in [9.17, 15) is 14.4 Å². The molecule has 9 heteroatoms. The van der Waals surface area contributed by atoms with Crippen molar-refractivity contribution in [2.75, 3.05) is 18.9 Å². The summed E-state index contributed by atoms with van der Waals surface area (Å²) in [7, 11) is 0. The van der Waals surface area contributed by atoms with Gasteiger partial charge in [-0.1, -0.05) is 11.8 Å². The van der Waals surface area contributed by atoms with Crippen molar-refractivity contribution in [3.05, 3.63) is 23.8 Å². The molecule has 1 heterocycles. The maximum atomic E-state index is 11.9. The van der Waals surface area contributed by atoms with Gasteiger partial charge in [0.1, 0.15) is 0 Å². The van der Waals surface area contributed by atoms with E-state index in [0.717, 1.165) is 5.52 Å². The summed E-state index contributed by atoms with van der Waals surface area (Å²) in [6.07, 6.45) is 0. The number of nitrogens with one attached hydrogen (secondary N) is 2. The highest BCUT2D eigenvalue weighted by atomic mass is 32.2. The molecule has 0 bridgehead atoms. The van der Waals surface area contributed by atoms with Gasteiger partial charge in [0.2, 0.25) is 5.91 Å². The molecule has 140 valence electrons. The molecule has 0 unspecified atom stereocenters. The Morgan fingerprint density at radius 2 is 2.00 bits per heavy atom. The second-order valence-electron chi connectivity index (χ2n) is 5.26. The summed E-state index contributed by atoms with van der Waals surface area (Å²) < 4.78 is 6.96. The van der Waals surface area contributed by atoms with Crippen molar-refractivity contribution in [2.24, 2.45) is 0 Å². The third kappa shape index (κ3) is 4.75. The fraction of sp³-hybridized carbons (Fsp3) is 0.412. The molecule has 0 saturated heterocycles. The van der Waals surface area contributed by atoms with Crippen molar-refractivity contribution in [3.8, 4) is 0 Å². The number of carbonyl (C=O) groups is 3. The van der Waals surface area contributed by atoms with Crippen LogP contribution in [0.2, 0.25) is 0 Å². The molecule has 0 fully saturated rings. The van der Waals surface area contributed by atoms with Crippen LogP contribution in [-0.4, -0.2) is 46.4 Å². The molecule has 0 spiro atoms. The Hall–Kier alpha value is -2.55. The molecule has 0 aliphatic rings. The fourth-order valence-corrected chi connectivity index (χ4v) is 3.24. The Balaban J connectivity index is 2.15. The summed E-state index contributed by atoms with van der Waals surface area (Å²) in [6, 6.07) is 4.68. The summed E-state index contributed by atoms with van der Waals surface area (Å²) in [5.74, 6) is -0.732. The minimum Gasteiger partial charge on any atom is -0.462 e. The zero-order chi connectivity index (χ0) is 19.1. The first-order valence-electron chi connectivity index (χ1n) is 8.38. The van der Waals surface area contributed by atoms with Crippen molar-refractivity contribution in [1.29, 1.82) is 0 Å². The molecular formula is C17H22N4O4S. The van der Waals surface area contributed by atoms with Gasteiger partial charge in [0, 0.05) is 13.1 Å². The lowest BCUT2D eigenvalue weighted by atomic mass is 10.2. The summed E-state index contributed by atoms with van der Waals surface area (Å²) in [6.45, 7) is 6.91. The maximum absolute atomic E-state index is 11.9. The number of benzene rings is 1. The topological polar surface area (TPSA) is 102 Å². The Bertz CT molecular complexity index is 818. The fourth-order valence-electron chi connectivity index (χ4n) is 2.36. The second kappa shape index (κ2) is 9.23. The first-order valence-corrected chi connectivity index (χ1v) is 9.36. The predicted molar refractivity (Wildman–Crippen MR) is 99.3 cm³/mol. The lowest BCUT2D eigenvalue weighted by Crippen LogP contribution is -2.40. The predicted octanol–water partition coefficient (Wildman–Crippen LogP) is 2.17. The van der Waals surface area contributed by atoms with Crippen molar-refractivity contribution in [2.45, 2.75) is 32.5 Å². The number of carbonyl (C=O) groups excluding carboxylic acids is 3. The molecule has 0 aliphatic carbocycles. The number of esters is 1. The Kier molecular flexibility index (Phi) is 7.02. The minimum atomic E-state index is -0.513. The number of hydrogen-bond donors (Lipinski definition) is 2. The average molecular weight is 378 g/mol. The zero-order valence-corrected chi connectivity index (χ0v) is 15.8. The summed E-state index contributed by atoms with van der Waals surface area (Å²) in [4.78, 5) is 39.6. The number of nitrogens with zero attached hydrogens (tertiary/aromatic N) is 2. The molecule has 1 aromatic carbocycles. The Morgan fingerprint density at radius 1 is 1.23 bits per heavy atom. The summed E-state index contributed by atoms with van der Waals surface area (Å²) in [5.41, 5.74) is 1.96. The number of amides is 3. The molecule has 0 aliphatic heterocycles. The van der Waals surface area contributed by atoms with Crippen LogP contribution in [-0.2, 0) is 16.1 Å². The van der Waals surface area contributed by atoms with Crippen molar-refractivity contribution in [3.63, 3.8) is 0 Å². The van der Waals surface area contributed by atoms with E-state index in [4.69, 9.17) is 4.74 Å². The summed E-state index contributed by atoms with van der Waals surface area (Å²) in [5, 5.41) is 5.40. The van der Waals surface area contributed by atoms with Crippen molar-refractivity contribution < 1.29 is 19.1 Å². The molecule has 26 heavy (non-hydrogen) atoms. The smallest absolute Gasteiger partial charge is 0.338 e. The summed E-state index contributed by atoms with van der Waals surface area (Å²) >= 11 is 1.23. The molecule has 2 N–H and O–H groups in total. The van der Waals surface area contributed by atoms with Crippen LogP contribution in [0.25, 0.3) is 11.0 Å². The van der Waals surface area contributed by atoms with Gasteiger partial charge in [-0.3, -0.25) is 10.1 Å². The van der Waals surface area contributed by atoms with Gasteiger partial charge in [-0.05, 0) is 39.0 Å². The number of aromatic nitrogens is 2.